The van der Waals surface area contributed by atoms with Crippen molar-refractivity contribution in [3.63, 3.8) is 0 Å². The minimum absolute atomic E-state index is 0.275. The van der Waals surface area contributed by atoms with Crippen molar-refractivity contribution in [1.29, 1.82) is 0 Å². The predicted octanol–water partition coefficient (Wildman–Crippen LogP) is 1.04. The molecule has 2 rings (SSSR count). The van der Waals surface area contributed by atoms with Crippen LogP contribution < -0.4 is 15.8 Å². The lowest BCUT2D eigenvalue weighted by molar-refractivity contribution is -0.109. The number of piperidine rings is 1. The Labute approximate surface area is 91.8 Å². The van der Waals surface area contributed by atoms with Gasteiger partial charge in [0.25, 0.3) is 5.92 Å². The Kier molecular flexibility index (Phi) is 2.91. The van der Waals surface area contributed by atoms with E-state index in [1.54, 1.807) is 6.07 Å². The number of hydrogen-bond donors (Lipinski definition) is 2. The van der Waals surface area contributed by atoms with Gasteiger partial charge in [-0.05, 0) is 18.7 Å². The fraction of sp³-hybridized carbons (Fsp3) is 0.500. The first-order chi connectivity index (χ1) is 7.58. The summed E-state index contributed by atoms with van der Waals surface area (Å²) in [4.78, 5) is 3.78. The van der Waals surface area contributed by atoms with Crippen molar-refractivity contribution in [2.24, 2.45) is 0 Å². The topological polar surface area (TPSA) is 60.2 Å². The van der Waals surface area contributed by atoms with E-state index >= 15 is 0 Å². The van der Waals surface area contributed by atoms with Crippen LogP contribution >= 0.6 is 0 Å². The quantitative estimate of drug-likeness (QED) is 0.795. The van der Waals surface area contributed by atoms with E-state index in [0.717, 1.165) is 0 Å². The molecule has 0 aliphatic carbocycles. The molecule has 1 unspecified atom stereocenters. The highest BCUT2D eigenvalue weighted by Gasteiger charge is 2.43. The van der Waals surface area contributed by atoms with Gasteiger partial charge in [0.1, 0.15) is 11.6 Å². The van der Waals surface area contributed by atoms with Crippen LogP contribution in [0.15, 0.2) is 18.3 Å². The highest BCUT2D eigenvalue weighted by molar-refractivity contribution is 5.32. The van der Waals surface area contributed by atoms with Crippen molar-refractivity contribution in [2.75, 3.05) is 18.8 Å². The average molecular weight is 229 g/mol. The van der Waals surface area contributed by atoms with Crippen LogP contribution in [-0.4, -0.2) is 30.1 Å². The summed E-state index contributed by atoms with van der Waals surface area (Å²) < 4.78 is 32.0. The van der Waals surface area contributed by atoms with Crippen LogP contribution in [-0.2, 0) is 0 Å². The van der Waals surface area contributed by atoms with Gasteiger partial charge in [-0.25, -0.2) is 13.8 Å². The smallest absolute Gasteiger partial charge is 0.296 e. The molecule has 88 valence electrons. The zero-order valence-electron chi connectivity index (χ0n) is 8.62. The van der Waals surface area contributed by atoms with Crippen molar-refractivity contribution >= 4 is 5.82 Å². The molecule has 0 radical (unpaired) electrons. The molecule has 1 fully saturated rings. The molecule has 0 aromatic carbocycles. The first-order valence-corrected chi connectivity index (χ1v) is 5.05. The summed E-state index contributed by atoms with van der Waals surface area (Å²) >= 11 is 0. The fourth-order valence-corrected chi connectivity index (χ4v) is 1.58. The molecule has 1 saturated heterocycles. The Morgan fingerprint density at radius 1 is 1.50 bits per heavy atom. The van der Waals surface area contributed by atoms with Gasteiger partial charge in [0.15, 0.2) is 6.10 Å². The molecule has 6 heteroatoms. The number of alkyl halides is 2. The minimum atomic E-state index is -2.85. The SMILES string of the molecule is Nc1ccc(OC2CCNCC2(F)F)cn1. The van der Waals surface area contributed by atoms with E-state index in [-0.39, 0.29) is 13.0 Å². The van der Waals surface area contributed by atoms with Gasteiger partial charge in [0, 0.05) is 6.42 Å². The fourth-order valence-electron chi connectivity index (χ4n) is 1.58. The lowest BCUT2D eigenvalue weighted by Gasteiger charge is -2.31. The molecule has 0 bridgehead atoms. The van der Waals surface area contributed by atoms with Gasteiger partial charge in [0.05, 0.1) is 12.7 Å². The number of aromatic nitrogens is 1. The number of pyridine rings is 1. The summed E-state index contributed by atoms with van der Waals surface area (Å²) in [5.74, 6) is -2.19. The third-order valence-corrected chi connectivity index (χ3v) is 2.45. The van der Waals surface area contributed by atoms with Crippen LogP contribution in [0.25, 0.3) is 0 Å². The zero-order chi connectivity index (χ0) is 11.6. The standard InChI is InChI=1S/C10H13F2N3O/c11-10(12)6-14-4-3-8(10)16-7-1-2-9(13)15-5-7/h1-2,5,8,14H,3-4,6H2,(H2,13,15). The lowest BCUT2D eigenvalue weighted by Crippen LogP contribution is -2.52. The zero-order valence-corrected chi connectivity index (χ0v) is 8.62. The molecule has 1 aliphatic heterocycles. The van der Waals surface area contributed by atoms with Crippen LogP contribution in [0.3, 0.4) is 0 Å². The molecule has 1 aromatic rings. The Bertz CT molecular complexity index is 356. The Hall–Kier alpha value is -1.43. The maximum absolute atomic E-state index is 13.4. The number of nitrogen functional groups attached to an aromatic ring is 1. The highest BCUT2D eigenvalue weighted by atomic mass is 19.3. The molecular weight excluding hydrogens is 216 g/mol. The van der Waals surface area contributed by atoms with E-state index < -0.39 is 12.0 Å². The summed E-state index contributed by atoms with van der Waals surface area (Å²) in [5.41, 5.74) is 5.39. The second kappa shape index (κ2) is 4.21. The van der Waals surface area contributed by atoms with Crippen molar-refractivity contribution in [2.45, 2.75) is 18.4 Å². The summed E-state index contributed by atoms with van der Waals surface area (Å²) in [5, 5.41) is 2.63. The van der Waals surface area contributed by atoms with Gasteiger partial charge in [-0.15, -0.1) is 0 Å². The summed E-state index contributed by atoms with van der Waals surface area (Å²) in [6.45, 7) is 0.183. The second-order valence-electron chi connectivity index (χ2n) is 3.75. The van der Waals surface area contributed by atoms with Gasteiger partial charge >= 0.3 is 0 Å². The number of rotatable bonds is 2. The average Bonchev–Trinajstić information content (AvgIpc) is 2.24. The number of anilines is 1. The summed E-state index contributed by atoms with van der Waals surface area (Å²) in [6.07, 6.45) is 0.532. The highest BCUT2D eigenvalue weighted by Crippen LogP contribution is 2.27. The number of nitrogens with one attached hydrogen (secondary N) is 1. The van der Waals surface area contributed by atoms with Crippen molar-refractivity contribution in [1.82, 2.24) is 10.3 Å². The van der Waals surface area contributed by atoms with Crippen LogP contribution in [0.5, 0.6) is 5.75 Å². The van der Waals surface area contributed by atoms with E-state index in [4.69, 9.17) is 10.5 Å². The Morgan fingerprint density at radius 3 is 2.94 bits per heavy atom. The van der Waals surface area contributed by atoms with Crippen LogP contribution in [0, 0.1) is 0 Å². The number of hydrogen-bond acceptors (Lipinski definition) is 4. The first-order valence-electron chi connectivity index (χ1n) is 5.05. The molecule has 16 heavy (non-hydrogen) atoms. The van der Waals surface area contributed by atoms with Gasteiger partial charge in [-0.2, -0.15) is 0 Å². The van der Waals surface area contributed by atoms with Crippen molar-refractivity contribution < 1.29 is 13.5 Å². The van der Waals surface area contributed by atoms with Gasteiger partial charge in [-0.1, -0.05) is 0 Å². The van der Waals surface area contributed by atoms with Gasteiger partial charge in [-0.3, -0.25) is 0 Å². The van der Waals surface area contributed by atoms with Crippen molar-refractivity contribution in [3.05, 3.63) is 18.3 Å². The number of halogens is 2. The number of nitrogens with zero attached hydrogens (tertiary/aromatic N) is 1. The van der Waals surface area contributed by atoms with Gasteiger partial charge in [0.2, 0.25) is 0 Å². The monoisotopic (exact) mass is 229 g/mol. The molecular formula is C10H13F2N3O. The second-order valence-corrected chi connectivity index (χ2v) is 3.75. The van der Waals surface area contributed by atoms with Crippen molar-refractivity contribution in [3.8, 4) is 5.75 Å². The third-order valence-electron chi connectivity index (χ3n) is 2.45. The van der Waals surface area contributed by atoms with Crippen LogP contribution in [0.2, 0.25) is 0 Å². The minimum Gasteiger partial charge on any atom is -0.482 e. The van der Waals surface area contributed by atoms with E-state index in [1.807, 2.05) is 0 Å². The maximum Gasteiger partial charge on any atom is 0.296 e. The molecule has 3 N–H and O–H groups in total. The molecule has 0 saturated carbocycles. The molecule has 1 aromatic heterocycles. The molecule has 0 spiro atoms. The number of ether oxygens (including phenoxy) is 1. The van der Waals surface area contributed by atoms with Crippen LogP contribution in [0.1, 0.15) is 6.42 Å². The molecule has 1 atom stereocenters. The normalized spacial score (nSPS) is 24.0. The Balaban J connectivity index is 2.05. The molecule has 0 amide bonds. The predicted molar refractivity (Wildman–Crippen MR) is 55.5 cm³/mol. The molecule has 4 nitrogen and oxygen atoms in total. The largest absolute Gasteiger partial charge is 0.482 e. The number of nitrogens with two attached hydrogens (primary N) is 1. The summed E-state index contributed by atoms with van der Waals surface area (Å²) in [6, 6.07) is 3.06. The van der Waals surface area contributed by atoms with E-state index in [9.17, 15) is 8.78 Å². The first kappa shape index (κ1) is 11.1. The van der Waals surface area contributed by atoms with E-state index in [0.29, 0.717) is 18.1 Å². The molecule has 1 aliphatic rings. The van der Waals surface area contributed by atoms with E-state index in [1.165, 1.54) is 12.3 Å². The lowest BCUT2D eigenvalue weighted by atomic mass is 10.1. The van der Waals surface area contributed by atoms with Crippen LogP contribution in [0.4, 0.5) is 14.6 Å². The summed E-state index contributed by atoms with van der Waals surface area (Å²) in [7, 11) is 0. The van der Waals surface area contributed by atoms with Gasteiger partial charge < -0.3 is 15.8 Å². The maximum atomic E-state index is 13.4. The van der Waals surface area contributed by atoms with E-state index in [2.05, 4.69) is 10.3 Å². The third kappa shape index (κ3) is 2.38. The Morgan fingerprint density at radius 2 is 2.31 bits per heavy atom. The molecule has 2 heterocycles.